The Hall–Kier alpha value is -1.50. The van der Waals surface area contributed by atoms with E-state index in [4.69, 9.17) is 16.3 Å². The van der Waals surface area contributed by atoms with Crippen molar-refractivity contribution in [1.29, 1.82) is 0 Å². The topological polar surface area (TPSA) is 101 Å². The molecule has 6 nitrogen and oxygen atoms in total. The molecular formula is C25H33ClO6. The molecule has 8 atom stereocenters. The summed E-state index contributed by atoms with van der Waals surface area (Å²) in [6.45, 7) is 5.85. The highest BCUT2D eigenvalue weighted by Crippen LogP contribution is 2.68. The Bertz CT molecular complexity index is 893. The van der Waals surface area contributed by atoms with Crippen LogP contribution in [0.15, 0.2) is 23.8 Å². The van der Waals surface area contributed by atoms with Crippen molar-refractivity contribution in [2.75, 3.05) is 0 Å². The Labute approximate surface area is 194 Å². The number of alkyl halides is 1. The number of Topliss-reactive ketones (excluding diaryl/α,β-unsaturated/α-hetero) is 1. The maximum atomic E-state index is 13.3. The molecule has 0 heterocycles. The zero-order valence-corrected chi connectivity index (χ0v) is 19.7. The molecule has 0 saturated heterocycles. The lowest BCUT2D eigenvalue weighted by atomic mass is 9.46. The first-order chi connectivity index (χ1) is 15.0. The summed E-state index contributed by atoms with van der Waals surface area (Å²) < 4.78 is 5.89. The van der Waals surface area contributed by atoms with Crippen LogP contribution in [-0.2, 0) is 19.1 Å². The van der Waals surface area contributed by atoms with E-state index in [0.29, 0.717) is 12.8 Å². The summed E-state index contributed by atoms with van der Waals surface area (Å²) in [6.07, 6.45) is 7.97. The molecule has 0 amide bonds. The summed E-state index contributed by atoms with van der Waals surface area (Å²) in [6, 6.07) is 0. The van der Waals surface area contributed by atoms with Gasteiger partial charge in [-0.2, -0.15) is 0 Å². The van der Waals surface area contributed by atoms with Gasteiger partial charge in [0.15, 0.2) is 16.9 Å². The van der Waals surface area contributed by atoms with Crippen LogP contribution in [0.3, 0.4) is 0 Å². The van der Waals surface area contributed by atoms with Crippen molar-refractivity contribution in [3.05, 3.63) is 23.8 Å². The summed E-state index contributed by atoms with van der Waals surface area (Å²) in [4.78, 5) is 37.8. The summed E-state index contributed by atoms with van der Waals surface area (Å²) >= 11 is 5.86. The fourth-order valence-corrected chi connectivity index (χ4v) is 7.75. The molecule has 3 fully saturated rings. The predicted octanol–water partition coefficient (Wildman–Crippen LogP) is 3.47. The van der Waals surface area contributed by atoms with E-state index in [1.165, 1.54) is 0 Å². The Morgan fingerprint density at radius 1 is 1.31 bits per heavy atom. The van der Waals surface area contributed by atoms with Gasteiger partial charge in [0.05, 0.1) is 6.10 Å². The van der Waals surface area contributed by atoms with Crippen LogP contribution in [0.4, 0.5) is 0 Å². The quantitative estimate of drug-likeness (QED) is 0.477. The highest BCUT2D eigenvalue weighted by Gasteiger charge is 2.70. The van der Waals surface area contributed by atoms with Crippen molar-refractivity contribution in [3.63, 3.8) is 0 Å². The third-order valence-electron chi connectivity index (χ3n) is 8.97. The van der Waals surface area contributed by atoms with Gasteiger partial charge in [0.25, 0.3) is 0 Å². The fraction of sp³-hybridized carbons (Fsp3) is 0.720. The number of ketones is 2. The van der Waals surface area contributed by atoms with E-state index in [0.717, 1.165) is 18.4 Å². The van der Waals surface area contributed by atoms with Gasteiger partial charge >= 0.3 is 5.97 Å². The standard InChI is InChI=1S/C25H33ClO6/c1-4-5-19(29)32-25(21(30)22(26)31)11-9-17-16-7-6-14-12-15(27)8-10-23(14,2)20(16)18(28)13-24(17,25)3/h8,10,12,16-18,20,22,28,31H,4-7,9,11,13H2,1-3H3/t16-,17-,18?,20+,22?,23-,24-,25-/m0/s1. The average Bonchev–Trinajstić information content (AvgIpc) is 3.00. The summed E-state index contributed by atoms with van der Waals surface area (Å²) in [7, 11) is 0. The molecule has 7 heteroatoms. The SMILES string of the molecule is CCCC(=O)O[C@]1(C(=O)C(O)Cl)CC[C@H]2[C@@H]3CCC4=CC(=O)C=C[C@]4(C)[C@H]3C(O)C[C@@]21C. The molecule has 0 radical (unpaired) electrons. The van der Waals surface area contributed by atoms with Crippen LogP contribution in [0, 0.1) is 28.6 Å². The van der Waals surface area contributed by atoms with E-state index < -0.39 is 39.9 Å². The van der Waals surface area contributed by atoms with Crippen molar-refractivity contribution >= 4 is 29.1 Å². The van der Waals surface area contributed by atoms with Gasteiger partial charge in [0, 0.05) is 23.2 Å². The smallest absolute Gasteiger partial charge is 0.306 e. The number of halogens is 1. The Morgan fingerprint density at radius 2 is 2.03 bits per heavy atom. The molecule has 176 valence electrons. The zero-order valence-electron chi connectivity index (χ0n) is 19.0. The Morgan fingerprint density at radius 3 is 2.69 bits per heavy atom. The molecule has 2 unspecified atom stereocenters. The van der Waals surface area contributed by atoms with Crippen LogP contribution in [0.2, 0.25) is 0 Å². The molecule has 2 N–H and O–H groups in total. The van der Waals surface area contributed by atoms with Gasteiger partial charge in [-0.15, -0.1) is 0 Å². The van der Waals surface area contributed by atoms with E-state index in [1.54, 1.807) is 12.2 Å². The normalized spacial score (nSPS) is 43.6. The molecule has 0 bridgehead atoms. The zero-order chi connectivity index (χ0) is 23.5. The van der Waals surface area contributed by atoms with Gasteiger partial charge in [-0.05, 0) is 62.5 Å². The Kier molecular flexibility index (Phi) is 5.96. The number of allylic oxidation sites excluding steroid dienone is 4. The largest absolute Gasteiger partial charge is 0.450 e. The first-order valence-electron chi connectivity index (χ1n) is 11.7. The number of carbonyl (C=O) groups excluding carboxylic acids is 3. The summed E-state index contributed by atoms with van der Waals surface area (Å²) in [5.74, 6) is -1.17. The van der Waals surface area contributed by atoms with E-state index in [-0.39, 0.29) is 42.8 Å². The second-order valence-electron chi connectivity index (χ2n) is 10.5. The maximum absolute atomic E-state index is 13.3. The number of rotatable bonds is 5. The molecule has 4 aliphatic carbocycles. The van der Waals surface area contributed by atoms with Crippen LogP contribution >= 0.6 is 11.6 Å². The molecular weight excluding hydrogens is 432 g/mol. The molecule has 4 aliphatic rings. The first-order valence-corrected chi connectivity index (χ1v) is 12.1. The van der Waals surface area contributed by atoms with Crippen LogP contribution < -0.4 is 0 Å². The molecule has 0 aliphatic heterocycles. The molecule has 0 aromatic heterocycles. The number of aliphatic hydroxyl groups excluding tert-OH is 2. The van der Waals surface area contributed by atoms with Crippen LogP contribution in [0.1, 0.15) is 65.7 Å². The number of esters is 1. The van der Waals surface area contributed by atoms with Crippen molar-refractivity contribution in [1.82, 2.24) is 0 Å². The third kappa shape index (κ3) is 3.24. The lowest BCUT2D eigenvalue weighted by molar-refractivity contribution is -0.201. The molecule has 0 aromatic carbocycles. The summed E-state index contributed by atoms with van der Waals surface area (Å²) in [5, 5.41) is 21.5. The van der Waals surface area contributed by atoms with Gasteiger partial charge < -0.3 is 14.9 Å². The minimum atomic E-state index is -1.78. The number of hydrogen-bond donors (Lipinski definition) is 2. The summed E-state index contributed by atoms with van der Waals surface area (Å²) in [5.41, 5.74) is -3.53. The number of fused-ring (bicyclic) bond motifs is 5. The highest BCUT2D eigenvalue weighted by atomic mass is 35.5. The lowest BCUT2D eigenvalue weighted by Gasteiger charge is -2.59. The van der Waals surface area contributed by atoms with Crippen LogP contribution in [0.25, 0.3) is 0 Å². The number of hydrogen-bond acceptors (Lipinski definition) is 6. The number of ether oxygens (including phenoxy) is 1. The van der Waals surface area contributed by atoms with Crippen LogP contribution in [0.5, 0.6) is 0 Å². The van der Waals surface area contributed by atoms with E-state index in [9.17, 15) is 24.6 Å². The van der Waals surface area contributed by atoms with Crippen molar-refractivity contribution in [2.45, 2.75) is 83.0 Å². The molecule has 32 heavy (non-hydrogen) atoms. The minimum Gasteiger partial charge on any atom is -0.450 e. The monoisotopic (exact) mass is 464 g/mol. The van der Waals surface area contributed by atoms with E-state index >= 15 is 0 Å². The second kappa shape index (κ2) is 8.07. The second-order valence-corrected chi connectivity index (χ2v) is 10.9. The van der Waals surface area contributed by atoms with Gasteiger partial charge in [-0.1, -0.05) is 44.0 Å². The van der Waals surface area contributed by atoms with E-state index in [2.05, 4.69) is 6.92 Å². The van der Waals surface area contributed by atoms with Gasteiger partial charge in [-0.25, -0.2) is 0 Å². The number of aliphatic hydroxyl groups is 2. The maximum Gasteiger partial charge on any atom is 0.306 e. The lowest BCUT2D eigenvalue weighted by Crippen LogP contribution is -2.63. The first kappa shape index (κ1) is 23.7. The third-order valence-corrected chi connectivity index (χ3v) is 9.17. The Balaban J connectivity index is 1.75. The van der Waals surface area contributed by atoms with Crippen molar-refractivity contribution in [3.8, 4) is 0 Å². The van der Waals surface area contributed by atoms with Crippen LogP contribution in [-0.4, -0.2) is 45.0 Å². The molecule has 0 spiro atoms. The average molecular weight is 465 g/mol. The highest BCUT2D eigenvalue weighted by molar-refractivity contribution is 6.31. The van der Waals surface area contributed by atoms with Crippen molar-refractivity contribution in [2.24, 2.45) is 28.6 Å². The number of carbonyl (C=O) groups is 3. The predicted molar refractivity (Wildman–Crippen MR) is 119 cm³/mol. The van der Waals surface area contributed by atoms with Gasteiger partial charge in [0.2, 0.25) is 5.78 Å². The molecule has 4 rings (SSSR count). The van der Waals surface area contributed by atoms with Crippen molar-refractivity contribution < 1.29 is 29.3 Å². The minimum absolute atomic E-state index is 0.0181. The van der Waals surface area contributed by atoms with Gasteiger partial charge in [-0.3, -0.25) is 14.4 Å². The van der Waals surface area contributed by atoms with Gasteiger partial charge in [0.1, 0.15) is 0 Å². The molecule has 0 aromatic rings. The fourth-order valence-electron chi connectivity index (χ4n) is 7.58. The molecule has 3 saturated carbocycles. The van der Waals surface area contributed by atoms with E-state index in [1.807, 2.05) is 19.9 Å².